The molecule has 0 spiro atoms. The van der Waals surface area contributed by atoms with E-state index in [-0.39, 0.29) is 43.9 Å². The van der Waals surface area contributed by atoms with Crippen LogP contribution in [0.3, 0.4) is 0 Å². The predicted molar refractivity (Wildman–Crippen MR) is 74.1 cm³/mol. The molecule has 0 aromatic carbocycles. The van der Waals surface area contributed by atoms with E-state index >= 15 is 0 Å². The second-order valence-corrected chi connectivity index (χ2v) is 6.53. The normalized spacial score (nSPS) is 17.3. The Morgan fingerprint density at radius 1 is 1.39 bits per heavy atom. The van der Waals surface area contributed by atoms with Crippen molar-refractivity contribution < 1.29 is 52.1 Å². The Kier molecular flexibility index (Phi) is 6.67. The average Bonchev–Trinajstić information content (AvgIpc) is 2.38. The van der Waals surface area contributed by atoms with E-state index in [0.29, 0.717) is 0 Å². The first kappa shape index (κ1) is 20.4. The summed E-state index contributed by atoms with van der Waals surface area (Å²) in [6, 6.07) is 0.0910. The molecule has 23 heavy (non-hydrogen) atoms. The van der Waals surface area contributed by atoms with Crippen LogP contribution in [0.1, 0.15) is 0 Å². The van der Waals surface area contributed by atoms with Gasteiger partial charge in [0, 0.05) is 6.20 Å². The van der Waals surface area contributed by atoms with Gasteiger partial charge >= 0.3 is 29.6 Å². The molecule has 1 aliphatic heterocycles. The van der Waals surface area contributed by atoms with Crippen LogP contribution in [0.2, 0.25) is 10.0 Å². The summed E-state index contributed by atoms with van der Waals surface area (Å²) in [4.78, 5) is 34.8. The maximum atomic E-state index is 11.7. The fraction of sp³-hybridized carbons (Fsp3) is 0.300. The second-order valence-electron chi connectivity index (χ2n) is 4.39. The third-order valence-electron chi connectivity index (χ3n) is 2.82. The van der Waals surface area contributed by atoms with Crippen LogP contribution in [0.4, 0.5) is 0 Å². The Hall–Kier alpha value is -0.620. The molecule has 1 unspecified atom stereocenters. The third-order valence-corrected chi connectivity index (χ3v) is 4.17. The number of nitrogens with one attached hydrogen (secondary N) is 1. The van der Waals surface area contributed by atoms with Crippen molar-refractivity contribution in [3.05, 3.63) is 32.7 Å². The first-order valence-corrected chi connectivity index (χ1v) is 7.84. The van der Waals surface area contributed by atoms with Crippen LogP contribution in [0.5, 0.6) is 0 Å². The van der Waals surface area contributed by atoms with Crippen LogP contribution >= 0.6 is 23.2 Å². The molecule has 9 nitrogen and oxygen atoms in total. The first-order valence-electron chi connectivity index (χ1n) is 5.72. The Balaban J connectivity index is 0.00000264. The van der Waals surface area contributed by atoms with Crippen molar-refractivity contribution in [2.45, 2.75) is 12.6 Å². The smallest absolute Gasteiger partial charge is 0.731 e. The van der Waals surface area contributed by atoms with Crippen molar-refractivity contribution in [1.82, 2.24) is 14.2 Å². The molecular formula is C10H8Cl2N3NaO6S. The Morgan fingerprint density at radius 3 is 2.52 bits per heavy atom. The van der Waals surface area contributed by atoms with Crippen molar-refractivity contribution in [3.8, 4) is 0 Å². The van der Waals surface area contributed by atoms with E-state index in [9.17, 15) is 27.4 Å². The summed E-state index contributed by atoms with van der Waals surface area (Å²) in [5, 5.41) is 2.17. The molecule has 0 radical (unpaired) electrons. The number of nitrogens with zero attached hydrogens (tertiary/aromatic N) is 2. The van der Waals surface area contributed by atoms with Crippen LogP contribution in [0, 0.1) is 0 Å². The van der Waals surface area contributed by atoms with Gasteiger partial charge < -0.3 is 14.4 Å². The van der Waals surface area contributed by atoms with Gasteiger partial charge in [-0.05, 0) is 6.07 Å². The van der Waals surface area contributed by atoms with Crippen LogP contribution in [0.25, 0.3) is 0 Å². The minimum absolute atomic E-state index is 0. The SMILES string of the molecule is O=C(Cn1cc(Cl)cc(Cl)c1=O)NC1CN(S(=O)(=O)[O-])C1=O.[Na+]. The van der Waals surface area contributed by atoms with E-state index < -0.39 is 46.8 Å². The average molecular weight is 392 g/mol. The molecule has 1 atom stereocenters. The molecule has 1 N–H and O–H groups in total. The van der Waals surface area contributed by atoms with Crippen molar-refractivity contribution in [2.24, 2.45) is 0 Å². The molecule has 0 bridgehead atoms. The van der Waals surface area contributed by atoms with Gasteiger partial charge in [-0.1, -0.05) is 23.2 Å². The van der Waals surface area contributed by atoms with Crippen molar-refractivity contribution in [3.63, 3.8) is 0 Å². The molecule has 2 rings (SSSR count). The van der Waals surface area contributed by atoms with Gasteiger partial charge in [-0.25, -0.2) is 12.7 Å². The third kappa shape index (κ3) is 4.69. The number of carbonyl (C=O) groups excluding carboxylic acids is 2. The molecule has 1 aliphatic rings. The standard InChI is InChI=1S/C10H9Cl2N3O6S.Na/c11-5-1-6(12)9(17)14(2-5)4-8(16)13-7-3-15(10(7)18)22(19,20)21;/h1-2,7H,3-4H2,(H,13,16)(H,19,20,21);/q;+1/p-1. The number of carbonyl (C=O) groups is 2. The minimum Gasteiger partial charge on any atom is -0.731 e. The number of hydrogen-bond donors (Lipinski definition) is 1. The molecule has 1 saturated heterocycles. The monoisotopic (exact) mass is 391 g/mol. The summed E-state index contributed by atoms with van der Waals surface area (Å²) in [6.07, 6.45) is 1.19. The predicted octanol–water partition coefficient (Wildman–Crippen LogP) is -4.05. The molecule has 0 aliphatic carbocycles. The summed E-state index contributed by atoms with van der Waals surface area (Å²) in [5.41, 5.74) is -0.648. The van der Waals surface area contributed by atoms with Gasteiger partial charge in [0.25, 0.3) is 11.5 Å². The summed E-state index contributed by atoms with van der Waals surface area (Å²) >= 11 is 11.3. The van der Waals surface area contributed by atoms with E-state index in [1.54, 1.807) is 0 Å². The number of halogens is 2. The Bertz CT molecular complexity index is 811. The van der Waals surface area contributed by atoms with Gasteiger partial charge in [0.2, 0.25) is 5.91 Å². The van der Waals surface area contributed by atoms with Gasteiger partial charge in [0.1, 0.15) is 17.6 Å². The number of hydrogen-bond acceptors (Lipinski definition) is 6. The number of amides is 2. The van der Waals surface area contributed by atoms with Gasteiger partial charge in [-0.2, -0.15) is 0 Å². The molecule has 2 amide bonds. The zero-order chi connectivity index (χ0) is 16.7. The van der Waals surface area contributed by atoms with E-state index in [1.807, 2.05) is 0 Å². The number of pyridine rings is 1. The van der Waals surface area contributed by atoms with Crippen LogP contribution in [0.15, 0.2) is 17.1 Å². The Labute approximate surface area is 162 Å². The van der Waals surface area contributed by atoms with Crippen molar-refractivity contribution in [2.75, 3.05) is 6.54 Å². The fourth-order valence-corrected chi connectivity index (χ4v) is 2.97. The summed E-state index contributed by atoms with van der Waals surface area (Å²) in [7, 11) is -4.87. The van der Waals surface area contributed by atoms with E-state index in [2.05, 4.69) is 5.32 Å². The summed E-state index contributed by atoms with van der Waals surface area (Å²) in [5.74, 6) is -1.76. The summed E-state index contributed by atoms with van der Waals surface area (Å²) < 4.78 is 32.9. The molecular weight excluding hydrogens is 384 g/mol. The largest absolute Gasteiger partial charge is 1.00 e. The molecule has 1 aromatic rings. The van der Waals surface area contributed by atoms with E-state index in [0.717, 1.165) is 4.57 Å². The Morgan fingerprint density at radius 2 is 2.00 bits per heavy atom. The zero-order valence-electron chi connectivity index (χ0n) is 11.7. The van der Waals surface area contributed by atoms with Gasteiger partial charge in [-0.3, -0.25) is 14.4 Å². The van der Waals surface area contributed by atoms with Gasteiger partial charge in [0.15, 0.2) is 10.3 Å². The second kappa shape index (κ2) is 7.51. The topological polar surface area (TPSA) is 129 Å². The maximum Gasteiger partial charge on any atom is 1.00 e. The summed E-state index contributed by atoms with van der Waals surface area (Å²) in [6.45, 7) is -0.908. The van der Waals surface area contributed by atoms with Crippen molar-refractivity contribution in [1.29, 1.82) is 0 Å². The van der Waals surface area contributed by atoms with Crippen LogP contribution in [-0.2, 0) is 26.4 Å². The molecule has 2 heterocycles. The number of rotatable bonds is 4. The van der Waals surface area contributed by atoms with Gasteiger partial charge in [-0.15, -0.1) is 0 Å². The van der Waals surface area contributed by atoms with E-state index in [4.69, 9.17) is 23.2 Å². The molecule has 1 aromatic heterocycles. The van der Waals surface area contributed by atoms with Crippen molar-refractivity contribution >= 4 is 45.3 Å². The molecule has 1 fully saturated rings. The van der Waals surface area contributed by atoms with Crippen LogP contribution in [-0.4, -0.2) is 46.2 Å². The van der Waals surface area contributed by atoms with Crippen LogP contribution < -0.4 is 40.4 Å². The molecule has 13 heteroatoms. The number of aromatic nitrogens is 1. The quantitative estimate of drug-likeness (QED) is 0.316. The maximum absolute atomic E-state index is 11.7. The van der Waals surface area contributed by atoms with Gasteiger partial charge in [0.05, 0.1) is 11.6 Å². The first-order chi connectivity index (χ1) is 10.1. The zero-order valence-corrected chi connectivity index (χ0v) is 16.0. The number of β-lactam (4-membered cyclic amide) rings is 1. The van der Waals surface area contributed by atoms with E-state index in [1.165, 1.54) is 12.3 Å². The fourth-order valence-electron chi connectivity index (χ4n) is 1.78. The minimum atomic E-state index is -4.87. The molecule has 120 valence electrons. The molecule has 0 saturated carbocycles.